The normalized spacial score (nSPS) is 10.1. The highest BCUT2D eigenvalue weighted by molar-refractivity contribution is 7.10. The van der Waals surface area contributed by atoms with Crippen molar-refractivity contribution in [3.05, 3.63) is 5.56 Å². The second kappa shape index (κ2) is 7.91. The number of hydrogen-bond acceptors (Lipinski definition) is 5. The summed E-state index contributed by atoms with van der Waals surface area (Å²) < 4.78 is 3.96. The molecule has 0 radical (unpaired) electrons. The van der Waals surface area contributed by atoms with E-state index >= 15 is 0 Å². The third kappa shape index (κ3) is 4.61. The minimum Gasteiger partial charge on any atom is -0.382 e. The third-order valence-corrected chi connectivity index (χ3v) is 3.47. The van der Waals surface area contributed by atoms with Crippen molar-refractivity contribution < 1.29 is 0 Å². The lowest BCUT2D eigenvalue weighted by atomic mass is 10.1. The molecule has 1 aromatic heterocycles. The van der Waals surface area contributed by atoms with Crippen molar-refractivity contribution >= 4 is 22.4 Å². The van der Waals surface area contributed by atoms with Crippen molar-refractivity contribution in [3.63, 3.8) is 0 Å². The lowest BCUT2D eigenvalue weighted by molar-refractivity contribution is 0.617. The molecule has 1 aromatic rings. The summed E-state index contributed by atoms with van der Waals surface area (Å²) in [6, 6.07) is 2.07. The molecule has 1 heterocycles. The number of nitrogens with one attached hydrogen (secondary N) is 1. The lowest BCUT2D eigenvalue weighted by Gasteiger charge is -2.03. The van der Waals surface area contributed by atoms with Crippen LogP contribution in [0, 0.1) is 11.3 Å². The van der Waals surface area contributed by atoms with E-state index in [1.807, 2.05) is 0 Å². The van der Waals surface area contributed by atoms with Crippen LogP contribution >= 0.6 is 11.5 Å². The van der Waals surface area contributed by atoms with Gasteiger partial charge in [-0.2, -0.15) is 9.64 Å². The van der Waals surface area contributed by atoms with Crippen LogP contribution in [0.5, 0.6) is 0 Å². The smallest absolute Gasteiger partial charge is 0.157 e. The maximum absolute atomic E-state index is 8.88. The predicted molar refractivity (Wildman–Crippen MR) is 73.1 cm³/mol. The van der Waals surface area contributed by atoms with Gasteiger partial charge >= 0.3 is 0 Å². The molecule has 5 heteroatoms. The Labute approximate surface area is 107 Å². The van der Waals surface area contributed by atoms with Crippen LogP contribution in [0.25, 0.3) is 0 Å². The molecule has 1 rings (SSSR count). The summed E-state index contributed by atoms with van der Waals surface area (Å²) in [6.45, 7) is 3.11. The van der Waals surface area contributed by atoms with E-state index in [9.17, 15) is 0 Å². The first-order chi connectivity index (χ1) is 8.29. The molecule has 0 bridgehead atoms. The summed E-state index contributed by atoms with van der Waals surface area (Å²) in [6.07, 6.45) is 7.61. The highest BCUT2D eigenvalue weighted by atomic mass is 32.1. The zero-order valence-electron chi connectivity index (χ0n) is 10.3. The molecule has 0 aliphatic carbocycles. The average Bonchev–Trinajstić information content (AvgIpc) is 2.69. The van der Waals surface area contributed by atoms with Crippen molar-refractivity contribution in [2.45, 2.75) is 45.4 Å². The molecule has 0 saturated carbocycles. The maximum Gasteiger partial charge on any atom is 0.157 e. The largest absolute Gasteiger partial charge is 0.382 e. The summed E-state index contributed by atoms with van der Waals surface area (Å²) in [4.78, 5) is 0. The van der Waals surface area contributed by atoms with Gasteiger partial charge in [0, 0.05) is 6.54 Å². The van der Waals surface area contributed by atoms with E-state index < -0.39 is 0 Å². The molecule has 94 valence electrons. The Morgan fingerprint density at radius 1 is 1.29 bits per heavy atom. The molecule has 0 fully saturated rings. The molecule has 0 atom stereocenters. The Hall–Kier alpha value is -1.28. The van der Waals surface area contributed by atoms with Crippen LogP contribution in [0.4, 0.5) is 10.8 Å². The van der Waals surface area contributed by atoms with Crippen LogP contribution in [-0.2, 0) is 0 Å². The van der Waals surface area contributed by atoms with E-state index in [1.165, 1.54) is 43.6 Å². The molecule has 17 heavy (non-hydrogen) atoms. The number of unbranched alkanes of at least 4 members (excludes halogenated alkanes) is 5. The fourth-order valence-corrected chi connectivity index (χ4v) is 2.33. The van der Waals surface area contributed by atoms with Crippen molar-refractivity contribution in [2.24, 2.45) is 0 Å². The second-order valence-electron chi connectivity index (χ2n) is 4.08. The topological polar surface area (TPSA) is 74.7 Å². The van der Waals surface area contributed by atoms with Gasteiger partial charge in [0.15, 0.2) is 5.82 Å². The average molecular weight is 252 g/mol. The molecule has 0 unspecified atom stereocenters. The highest BCUT2D eigenvalue weighted by Crippen LogP contribution is 2.25. The van der Waals surface area contributed by atoms with Gasteiger partial charge in [0.25, 0.3) is 0 Å². The lowest BCUT2D eigenvalue weighted by Crippen LogP contribution is -2.01. The third-order valence-electron chi connectivity index (χ3n) is 2.65. The van der Waals surface area contributed by atoms with E-state index in [0.717, 1.165) is 18.0 Å². The molecule has 0 aliphatic heterocycles. The molecule has 0 amide bonds. The Balaban J connectivity index is 2.16. The van der Waals surface area contributed by atoms with Crippen LogP contribution < -0.4 is 11.1 Å². The zero-order valence-corrected chi connectivity index (χ0v) is 11.1. The van der Waals surface area contributed by atoms with Crippen molar-refractivity contribution in [2.75, 3.05) is 17.6 Å². The zero-order chi connectivity index (χ0) is 12.5. The number of nitrogens with two attached hydrogens (primary N) is 1. The molecule has 3 N–H and O–H groups in total. The Morgan fingerprint density at radius 2 is 2.00 bits per heavy atom. The van der Waals surface area contributed by atoms with Crippen LogP contribution in [0.3, 0.4) is 0 Å². The van der Waals surface area contributed by atoms with E-state index in [4.69, 9.17) is 11.0 Å². The minimum atomic E-state index is 0.336. The summed E-state index contributed by atoms with van der Waals surface area (Å²) >= 11 is 1.26. The molecule has 0 saturated heterocycles. The molecular weight excluding hydrogens is 232 g/mol. The highest BCUT2D eigenvalue weighted by Gasteiger charge is 2.09. The number of aromatic nitrogens is 1. The Bertz CT molecular complexity index is 367. The van der Waals surface area contributed by atoms with Crippen LogP contribution in [0.2, 0.25) is 0 Å². The van der Waals surface area contributed by atoms with Gasteiger partial charge in [-0.1, -0.05) is 39.0 Å². The maximum atomic E-state index is 8.88. The summed E-state index contributed by atoms with van der Waals surface area (Å²) in [7, 11) is 0. The number of nitrogen functional groups attached to an aromatic ring is 1. The Morgan fingerprint density at radius 3 is 2.71 bits per heavy atom. The summed E-state index contributed by atoms with van der Waals surface area (Å²) in [5.41, 5.74) is 6.06. The fraction of sp³-hybridized carbons (Fsp3) is 0.667. The number of rotatable bonds is 8. The first-order valence-corrected chi connectivity index (χ1v) is 6.96. The van der Waals surface area contributed by atoms with Crippen molar-refractivity contribution in [1.29, 1.82) is 5.26 Å². The summed E-state index contributed by atoms with van der Waals surface area (Å²) in [5, 5.41) is 12.9. The van der Waals surface area contributed by atoms with Gasteiger partial charge < -0.3 is 11.1 Å². The number of nitriles is 1. The fourth-order valence-electron chi connectivity index (χ4n) is 1.64. The molecule has 0 aliphatic rings. The summed E-state index contributed by atoms with van der Waals surface area (Å²) in [5.74, 6) is 0.336. The first kappa shape index (κ1) is 13.8. The second-order valence-corrected chi connectivity index (χ2v) is 4.85. The number of anilines is 2. The first-order valence-electron chi connectivity index (χ1n) is 6.18. The van der Waals surface area contributed by atoms with Crippen LogP contribution in [0.1, 0.15) is 51.0 Å². The monoisotopic (exact) mass is 252 g/mol. The Kier molecular flexibility index (Phi) is 6.41. The van der Waals surface area contributed by atoms with E-state index in [-0.39, 0.29) is 0 Å². The SMILES string of the molecule is CCCCCCCCNc1snc(N)c1C#N. The van der Waals surface area contributed by atoms with E-state index in [2.05, 4.69) is 22.7 Å². The van der Waals surface area contributed by atoms with Gasteiger partial charge in [0.2, 0.25) is 0 Å². The standard InChI is InChI=1S/C12H20N4S/c1-2-3-4-5-6-7-8-15-12-10(9-13)11(14)16-17-12/h15H,2-8H2,1H3,(H2,14,16). The minimum absolute atomic E-state index is 0.336. The van der Waals surface area contributed by atoms with Gasteiger partial charge in [0.05, 0.1) is 0 Å². The number of nitrogens with zero attached hydrogens (tertiary/aromatic N) is 2. The number of hydrogen-bond donors (Lipinski definition) is 2. The molecular formula is C12H20N4S. The van der Waals surface area contributed by atoms with E-state index in [1.54, 1.807) is 0 Å². The van der Waals surface area contributed by atoms with Gasteiger partial charge in [-0.3, -0.25) is 0 Å². The molecule has 0 aromatic carbocycles. The quantitative estimate of drug-likeness (QED) is 0.696. The van der Waals surface area contributed by atoms with E-state index in [0.29, 0.717) is 11.4 Å². The van der Waals surface area contributed by atoms with Gasteiger partial charge in [0.1, 0.15) is 16.6 Å². The predicted octanol–water partition coefficient (Wildman–Crippen LogP) is 3.37. The van der Waals surface area contributed by atoms with Crippen LogP contribution in [0.15, 0.2) is 0 Å². The van der Waals surface area contributed by atoms with Gasteiger partial charge in [-0.15, -0.1) is 0 Å². The van der Waals surface area contributed by atoms with Crippen molar-refractivity contribution in [3.8, 4) is 6.07 Å². The van der Waals surface area contributed by atoms with Gasteiger partial charge in [-0.25, -0.2) is 0 Å². The van der Waals surface area contributed by atoms with Crippen molar-refractivity contribution in [1.82, 2.24) is 4.37 Å². The molecule has 4 nitrogen and oxygen atoms in total. The molecule has 0 spiro atoms. The van der Waals surface area contributed by atoms with Gasteiger partial charge in [-0.05, 0) is 18.0 Å². The van der Waals surface area contributed by atoms with Crippen LogP contribution in [-0.4, -0.2) is 10.9 Å².